The maximum Gasteiger partial charge on any atom is 0.334 e. The number of hydrogen-bond acceptors (Lipinski definition) is 4. The Hall–Kier alpha value is -1.58. The lowest BCUT2D eigenvalue weighted by molar-refractivity contribution is -0.150. The number of esters is 2. The maximum atomic E-state index is 12.0. The highest BCUT2D eigenvalue weighted by Crippen LogP contribution is 2.23. The fourth-order valence-corrected chi connectivity index (χ4v) is 1.87. The summed E-state index contributed by atoms with van der Waals surface area (Å²) >= 11 is 0. The monoisotopic (exact) mass is 280 g/mol. The Morgan fingerprint density at radius 1 is 1.15 bits per heavy atom. The van der Waals surface area contributed by atoms with Crippen LogP contribution in [0.5, 0.6) is 0 Å². The van der Waals surface area contributed by atoms with Gasteiger partial charge in [-0.1, -0.05) is 44.9 Å². The lowest BCUT2D eigenvalue weighted by atomic mass is 9.91. The first-order valence-electron chi connectivity index (χ1n) is 7.41. The van der Waals surface area contributed by atoms with E-state index in [1.807, 2.05) is 19.9 Å². The third-order valence-electron chi connectivity index (χ3n) is 3.15. The molecule has 0 heterocycles. The number of ether oxygens (including phenoxy) is 2. The van der Waals surface area contributed by atoms with Gasteiger partial charge in [0.05, 0.1) is 24.7 Å². The van der Waals surface area contributed by atoms with Crippen molar-refractivity contribution in [1.82, 2.24) is 0 Å². The Balaban J connectivity index is 2.56. The van der Waals surface area contributed by atoms with Crippen molar-refractivity contribution in [3.8, 4) is 0 Å². The molecule has 0 saturated heterocycles. The van der Waals surface area contributed by atoms with Gasteiger partial charge in [-0.15, -0.1) is 0 Å². The van der Waals surface area contributed by atoms with Crippen LogP contribution < -0.4 is 0 Å². The van der Waals surface area contributed by atoms with Crippen LogP contribution in [0.2, 0.25) is 0 Å². The van der Waals surface area contributed by atoms with Gasteiger partial charge in [0, 0.05) is 0 Å². The standard InChI is InChI=1S/C16H24O4/c1-3-5-11-19-15(17)13-9-7-8-10-14(13)16(18)20-12-6-4-2/h7-9,14H,3-6,10-12H2,1-2H3. The minimum absolute atomic E-state index is 0.332. The van der Waals surface area contributed by atoms with E-state index in [0.29, 0.717) is 25.2 Å². The molecule has 0 amide bonds. The van der Waals surface area contributed by atoms with Gasteiger partial charge in [-0.25, -0.2) is 4.79 Å². The van der Waals surface area contributed by atoms with Gasteiger partial charge in [0.2, 0.25) is 0 Å². The Morgan fingerprint density at radius 2 is 1.80 bits per heavy atom. The van der Waals surface area contributed by atoms with Crippen molar-refractivity contribution in [3.63, 3.8) is 0 Å². The molecular weight excluding hydrogens is 256 g/mol. The van der Waals surface area contributed by atoms with Gasteiger partial charge < -0.3 is 9.47 Å². The van der Waals surface area contributed by atoms with Crippen LogP contribution in [-0.4, -0.2) is 25.2 Å². The zero-order chi connectivity index (χ0) is 14.8. The molecular formula is C16H24O4. The van der Waals surface area contributed by atoms with Crippen molar-refractivity contribution in [2.45, 2.75) is 46.0 Å². The third-order valence-corrected chi connectivity index (χ3v) is 3.15. The van der Waals surface area contributed by atoms with Crippen LogP contribution in [0.1, 0.15) is 46.0 Å². The largest absolute Gasteiger partial charge is 0.465 e. The number of carbonyl (C=O) groups is 2. The highest BCUT2D eigenvalue weighted by molar-refractivity contribution is 5.96. The second-order valence-corrected chi connectivity index (χ2v) is 4.85. The molecule has 0 saturated carbocycles. The molecule has 1 unspecified atom stereocenters. The molecule has 0 spiro atoms. The van der Waals surface area contributed by atoms with E-state index in [-0.39, 0.29) is 5.97 Å². The molecule has 0 bridgehead atoms. The maximum absolute atomic E-state index is 12.0. The van der Waals surface area contributed by atoms with E-state index in [1.54, 1.807) is 12.2 Å². The highest BCUT2D eigenvalue weighted by atomic mass is 16.5. The fraction of sp³-hybridized carbons (Fsp3) is 0.625. The Bertz CT molecular complexity index is 382. The highest BCUT2D eigenvalue weighted by Gasteiger charge is 2.30. The first-order chi connectivity index (χ1) is 9.70. The van der Waals surface area contributed by atoms with Gasteiger partial charge in [-0.2, -0.15) is 0 Å². The summed E-state index contributed by atoms with van der Waals surface area (Å²) in [6, 6.07) is 0. The molecule has 20 heavy (non-hydrogen) atoms. The summed E-state index contributed by atoms with van der Waals surface area (Å²) in [7, 11) is 0. The second-order valence-electron chi connectivity index (χ2n) is 4.85. The molecule has 1 aliphatic rings. The number of hydrogen-bond donors (Lipinski definition) is 0. The molecule has 112 valence electrons. The summed E-state index contributed by atoms with van der Waals surface area (Å²) in [6.45, 7) is 4.87. The van der Waals surface area contributed by atoms with E-state index in [4.69, 9.17) is 9.47 Å². The smallest absolute Gasteiger partial charge is 0.334 e. The molecule has 1 rings (SSSR count). The molecule has 0 aliphatic heterocycles. The molecule has 1 atom stereocenters. The Labute approximate surface area is 120 Å². The first kappa shape index (κ1) is 16.5. The molecule has 0 aromatic rings. The number of allylic oxidation sites excluding steroid dienone is 3. The summed E-state index contributed by atoms with van der Waals surface area (Å²) in [5.74, 6) is -1.26. The van der Waals surface area contributed by atoms with E-state index in [0.717, 1.165) is 25.7 Å². The van der Waals surface area contributed by atoms with Gasteiger partial charge >= 0.3 is 11.9 Å². The van der Waals surface area contributed by atoms with Crippen LogP contribution >= 0.6 is 0 Å². The van der Waals surface area contributed by atoms with Gasteiger partial charge in [0.25, 0.3) is 0 Å². The predicted molar refractivity (Wildman–Crippen MR) is 77.1 cm³/mol. The quantitative estimate of drug-likeness (QED) is 0.506. The summed E-state index contributed by atoms with van der Waals surface area (Å²) in [5, 5.41) is 0. The molecule has 0 N–H and O–H groups in total. The lowest BCUT2D eigenvalue weighted by Gasteiger charge is -2.19. The molecule has 0 fully saturated rings. The van der Waals surface area contributed by atoms with Crippen molar-refractivity contribution >= 4 is 11.9 Å². The molecule has 1 aliphatic carbocycles. The van der Waals surface area contributed by atoms with Crippen molar-refractivity contribution in [3.05, 3.63) is 23.8 Å². The lowest BCUT2D eigenvalue weighted by Crippen LogP contribution is -2.26. The summed E-state index contributed by atoms with van der Waals surface area (Å²) < 4.78 is 10.4. The SMILES string of the molecule is CCCCOC(=O)C1=CC=CCC1C(=O)OCCCC. The Kier molecular flexibility index (Phi) is 7.70. The van der Waals surface area contributed by atoms with Crippen molar-refractivity contribution < 1.29 is 19.1 Å². The average Bonchev–Trinajstić information content (AvgIpc) is 2.47. The molecule has 4 heteroatoms. The second kappa shape index (κ2) is 9.34. The van der Waals surface area contributed by atoms with Gasteiger partial charge in [0.15, 0.2) is 0 Å². The Morgan fingerprint density at radius 3 is 2.45 bits per heavy atom. The predicted octanol–water partition coefficient (Wildman–Crippen LogP) is 3.18. The van der Waals surface area contributed by atoms with Crippen LogP contribution in [0.4, 0.5) is 0 Å². The van der Waals surface area contributed by atoms with Crippen molar-refractivity contribution in [1.29, 1.82) is 0 Å². The van der Waals surface area contributed by atoms with E-state index in [9.17, 15) is 9.59 Å². The van der Waals surface area contributed by atoms with Crippen molar-refractivity contribution in [2.75, 3.05) is 13.2 Å². The zero-order valence-electron chi connectivity index (χ0n) is 12.4. The van der Waals surface area contributed by atoms with E-state index in [1.165, 1.54) is 0 Å². The van der Waals surface area contributed by atoms with Crippen LogP contribution in [0, 0.1) is 5.92 Å². The summed E-state index contributed by atoms with van der Waals surface area (Å²) in [6.07, 6.45) is 9.42. The van der Waals surface area contributed by atoms with Gasteiger partial charge in [0.1, 0.15) is 0 Å². The van der Waals surface area contributed by atoms with Crippen LogP contribution in [-0.2, 0) is 19.1 Å². The minimum Gasteiger partial charge on any atom is -0.465 e. The molecule has 4 nitrogen and oxygen atoms in total. The topological polar surface area (TPSA) is 52.6 Å². The number of rotatable bonds is 8. The number of unbranched alkanes of at least 4 members (excludes halogenated alkanes) is 2. The molecule has 0 radical (unpaired) electrons. The minimum atomic E-state index is -0.522. The van der Waals surface area contributed by atoms with Gasteiger partial charge in [-0.05, 0) is 19.3 Å². The zero-order valence-corrected chi connectivity index (χ0v) is 12.4. The van der Waals surface area contributed by atoms with Crippen molar-refractivity contribution in [2.24, 2.45) is 5.92 Å². The first-order valence-corrected chi connectivity index (χ1v) is 7.41. The summed E-state index contributed by atoms with van der Waals surface area (Å²) in [4.78, 5) is 24.0. The van der Waals surface area contributed by atoms with Gasteiger partial charge in [-0.3, -0.25) is 4.79 Å². The number of carbonyl (C=O) groups excluding carboxylic acids is 2. The van der Waals surface area contributed by atoms with Crippen LogP contribution in [0.25, 0.3) is 0 Å². The van der Waals surface area contributed by atoms with Crippen LogP contribution in [0.15, 0.2) is 23.8 Å². The normalized spacial score (nSPS) is 17.5. The molecule has 0 aromatic carbocycles. The average molecular weight is 280 g/mol. The third kappa shape index (κ3) is 5.19. The van der Waals surface area contributed by atoms with E-state index >= 15 is 0 Å². The van der Waals surface area contributed by atoms with E-state index < -0.39 is 11.9 Å². The van der Waals surface area contributed by atoms with Crippen LogP contribution in [0.3, 0.4) is 0 Å². The molecule has 0 aromatic heterocycles. The fourth-order valence-electron chi connectivity index (χ4n) is 1.87. The van der Waals surface area contributed by atoms with E-state index in [2.05, 4.69) is 0 Å². The summed E-state index contributed by atoms with van der Waals surface area (Å²) in [5.41, 5.74) is 0.408.